The highest BCUT2D eigenvalue weighted by Crippen LogP contribution is 2.39. The van der Waals surface area contributed by atoms with Gasteiger partial charge in [0.1, 0.15) is 11.5 Å². The van der Waals surface area contributed by atoms with Crippen LogP contribution >= 0.6 is 0 Å². The van der Waals surface area contributed by atoms with Crippen LogP contribution in [0.2, 0.25) is 0 Å². The Kier molecular flexibility index (Phi) is 5.98. The lowest BCUT2D eigenvalue weighted by Crippen LogP contribution is -2.17. The third-order valence-corrected chi connectivity index (χ3v) is 3.99. The van der Waals surface area contributed by atoms with Crippen LogP contribution in [0, 0.1) is 0 Å². The zero-order valence-corrected chi connectivity index (χ0v) is 15.4. The molecule has 3 nitrogen and oxygen atoms in total. The first-order valence-corrected chi connectivity index (χ1v) is 8.51. The number of hydrogen-bond donors (Lipinski definition) is 0. The number of pyridine rings is 1. The fraction of sp³-hybridized carbons (Fsp3) is 0.150. The molecule has 32 heavy (non-hydrogen) atoms. The molecule has 1 heterocycles. The van der Waals surface area contributed by atoms with E-state index in [0.29, 0.717) is 6.07 Å². The highest BCUT2D eigenvalue weighted by molar-refractivity contribution is 5.72. The van der Waals surface area contributed by atoms with Gasteiger partial charge >= 0.3 is 18.9 Å². The molecule has 3 aromatic rings. The minimum Gasteiger partial charge on any atom is -0.406 e. The van der Waals surface area contributed by atoms with Crippen molar-refractivity contribution in [2.24, 2.45) is 0 Å². The third kappa shape index (κ3) is 6.05. The minimum absolute atomic E-state index is 0.0696. The monoisotopic (exact) mass is 467 g/mol. The Bertz CT molecular complexity index is 1070. The van der Waals surface area contributed by atoms with Crippen LogP contribution in [0.25, 0.3) is 22.4 Å². The first kappa shape index (κ1) is 23.2. The molecule has 0 bridgehead atoms. The van der Waals surface area contributed by atoms with E-state index < -0.39 is 41.5 Å². The molecule has 0 unspecified atom stereocenters. The number of rotatable bonds is 4. The van der Waals surface area contributed by atoms with Crippen molar-refractivity contribution in [1.29, 1.82) is 0 Å². The average Bonchev–Trinajstić information content (AvgIpc) is 2.66. The lowest BCUT2D eigenvalue weighted by molar-refractivity contribution is -0.275. The fourth-order valence-electron chi connectivity index (χ4n) is 2.74. The summed E-state index contributed by atoms with van der Waals surface area (Å²) in [6.45, 7) is 0. The average molecular weight is 467 g/mol. The smallest absolute Gasteiger partial charge is 0.406 e. The molecule has 1 aromatic heterocycles. The molecule has 2 aromatic carbocycles. The normalized spacial score (nSPS) is 12.5. The van der Waals surface area contributed by atoms with Crippen molar-refractivity contribution in [3.05, 3.63) is 66.4 Å². The lowest BCUT2D eigenvalue weighted by atomic mass is 9.99. The molecule has 0 aliphatic carbocycles. The van der Waals surface area contributed by atoms with E-state index in [9.17, 15) is 39.5 Å². The number of ether oxygens (including phenoxy) is 2. The summed E-state index contributed by atoms with van der Waals surface area (Å²) in [5.41, 5.74) is -1.71. The Hall–Kier alpha value is -3.44. The topological polar surface area (TPSA) is 31.4 Å². The van der Waals surface area contributed by atoms with E-state index in [1.807, 2.05) is 0 Å². The van der Waals surface area contributed by atoms with Crippen LogP contribution < -0.4 is 9.47 Å². The Labute approximate surface area is 174 Å². The number of halogens is 9. The van der Waals surface area contributed by atoms with Gasteiger partial charge in [-0.3, -0.25) is 4.98 Å². The Balaban J connectivity index is 1.95. The molecule has 0 fully saturated rings. The number of aromatic nitrogens is 1. The van der Waals surface area contributed by atoms with Gasteiger partial charge in [-0.1, -0.05) is 12.1 Å². The largest absolute Gasteiger partial charge is 0.573 e. The van der Waals surface area contributed by atoms with Gasteiger partial charge in [-0.25, -0.2) is 0 Å². The van der Waals surface area contributed by atoms with Gasteiger partial charge in [-0.15, -0.1) is 26.3 Å². The van der Waals surface area contributed by atoms with E-state index in [2.05, 4.69) is 14.5 Å². The van der Waals surface area contributed by atoms with Gasteiger partial charge in [0.25, 0.3) is 0 Å². The molecular formula is C20H10F9NO2. The van der Waals surface area contributed by atoms with Gasteiger partial charge in [-0.05, 0) is 48.0 Å². The Morgan fingerprint density at radius 1 is 0.594 bits per heavy atom. The van der Waals surface area contributed by atoms with Crippen LogP contribution in [0.4, 0.5) is 39.5 Å². The zero-order valence-electron chi connectivity index (χ0n) is 15.4. The van der Waals surface area contributed by atoms with Crippen LogP contribution in [0.5, 0.6) is 11.5 Å². The summed E-state index contributed by atoms with van der Waals surface area (Å²) in [6.07, 6.45) is -13.9. The highest BCUT2D eigenvalue weighted by atomic mass is 19.4. The Morgan fingerprint density at radius 3 is 1.44 bits per heavy atom. The summed E-state index contributed by atoms with van der Waals surface area (Å²) in [5, 5.41) is 0. The summed E-state index contributed by atoms with van der Waals surface area (Å²) >= 11 is 0. The zero-order chi connectivity index (χ0) is 23.7. The first-order valence-electron chi connectivity index (χ1n) is 8.51. The molecule has 3 rings (SSSR count). The van der Waals surface area contributed by atoms with Gasteiger partial charge in [0.15, 0.2) is 0 Å². The molecule has 0 aliphatic rings. The highest BCUT2D eigenvalue weighted by Gasteiger charge is 2.35. The second-order valence-electron chi connectivity index (χ2n) is 6.26. The summed E-state index contributed by atoms with van der Waals surface area (Å²) in [4.78, 5) is 3.91. The van der Waals surface area contributed by atoms with Crippen LogP contribution in [0.15, 0.2) is 60.8 Å². The van der Waals surface area contributed by atoms with Crippen molar-refractivity contribution in [3.8, 4) is 33.9 Å². The lowest BCUT2D eigenvalue weighted by Gasteiger charge is -2.15. The minimum atomic E-state index is -4.96. The molecule has 0 saturated carbocycles. The van der Waals surface area contributed by atoms with Crippen LogP contribution in [-0.2, 0) is 6.18 Å². The van der Waals surface area contributed by atoms with Crippen molar-refractivity contribution >= 4 is 0 Å². The van der Waals surface area contributed by atoms with Crippen LogP contribution in [0.3, 0.4) is 0 Å². The fourth-order valence-corrected chi connectivity index (χ4v) is 2.74. The maximum atomic E-state index is 13.6. The maximum Gasteiger partial charge on any atom is 0.573 e. The molecule has 0 radical (unpaired) electrons. The van der Waals surface area contributed by atoms with E-state index in [-0.39, 0.29) is 16.8 Å². The van der Waals surface area contributed by atoms with Gasteiger partial charge < -0.3 is 9.47 Å². The molecule has 0 spiro atoms. The second kappa shape index (κ2) is 8.24. The van der Waals surface area contributed by atoms with E-state index in [0.717, 1.165) is 54.7 Å². The number of nitrogens with zero attached hydrogens (tertiary/aromatic N) is 1. The van der Waals surface area contributed by atoms with Crippen molar-refractivity contribution < 1.29 is 49.0 Å². The van der Waals surface area contributed by atoms with E-state index >= 15 is 0 Å². The molecule has 0 aliphatic heterocycles. The van der Waals surface area contributed by atoms with Crippen LogP contribution in [0.1, 0.15) is 5.56 Å². The molecule has 0 amide bonds. The molecule has 12 heteroatoms. The number of benzene rings is 2. The molecular weight excluding hydrogens is 457 g/mol. The predicted octanol–water partition coefficient (Wildman–Crippen LogP) is 7.23. The van der Waals surface area contributed by atoms with Gasteiger partial charge in [-0.2, -0.15) is 13.2 Å². The van der Waals surface area contributed by atoms with E-state index in [1.165, 1.54) is 0 Å². The molecule has 170 valence electrons. The van der Waals surface area contributed by atoms with Crippen molar-refractivity contribution in [2.45, 2.75) is 18.9 Å². The van der Waals surface area contributed by atoms with Gasteiger partial charge in [0.05, 0.1) is 11.3 Å². The first-order chi connectivity index (χ1) is 14.7. The summed E-state index contributed by atoms with van der Waals surface area (Å²) in [6, 6.07) is 8.48. The standard InChI is InChI=1S/C20H10F9NO2/c21-18(22,23)16-9-17(12-3-7-14(8-4-12)32-20(27,28)29)30-10-15(16)11-1-5-13(6-2-11)31-19(24,25)26/h1-10H. The van der Waals surface area contributed by atoms with Crippen molar-refractivity contribution in [2.75, 3.05) is 0 Å². The summed E-state index contributed by atoms with van der Waals surface area (Å²) < 4.78 is 122. The SMILES string of the molecule is FC(F)(F)Oc1ccc(-c2cc(C(F)(F)F)c(-c3ccc(OC(F)(F)F)cc3)cn2)cc1. The summed E-state index contributed by atoms with van der Waals surface area (Å²) in [7, 11) is 0. The predicted molar refractivity (Wildman–Crippen MR) is 93.5 cm³/mol. The maximum absolute atomic E-state index is 13.6. The van der Waals surface area contributed by atoms with Crippen molar-refractivity contribution in [3.63, 3.8) is 0 Å². The second-order valence-corrected chi connectivity index (χ2v) is 6.26. The number of alkyl halides is 9. The summed E-state index contributed by atoms with van der Waals surface area (Å²) in [5.74, 6) is -1.17. The molecule has 0 N–H and O–H groups in total. The van der Waals surface area contributed by atoms with E-state index in [4.69, 9.17) is 0 Å². The van der Waals surface area contributed by atoms with Gasteiger partial charge in [0, 0.05) is 17.3 Å². The Morgan fingerprint density at radius 2 is 1.03 bits per heavy atom. The number of hydrogen-bond acceptors (Lipinski definition) is 3. The van der Waals surface area contributed by atoms with E-state index in [1.54, 1.807) is 0 Å². The molecule has 0 saturated heterocycles. The third-order valence-electron chi connectivity index (χ3n) is 3.99. The quantitative estimate of drug-likeness (QED) is 0.380. The van der Waals surface area contributed by atoms with Gasteiger partial charge in [0.2, 0.25) is 0 Å². The molecule has 0 atom stereocenters. The van der Waals surface area contributed by atoms with Crippen LogP contribution in [-0.4, -0.2) is 17.7 Å². The van der Waals surface area contributed by atoms with Crippen molar-refractivity contribution in [1.82, 2.24) is 4.98 Å².